The van der Waals surface area contributed by atoms with Gasteiger partial charge in [0.15, 0.2) is 0 Å². The number of halogens is 3. The molecule has 4 nitrogen and oxygen atoms in total. The van der Waals surface area contributed by atoms with Crippen LogP contribution in [-0.4, -0.2) is 34.2 Å². The molecule has 3 aliphatic rings. The van der Waals surface area contributed by atoms with Gasteiger partial charge in [-0.3, -0.25) is 9.69 Å². The normalized spacial score (nSPS) is 30.4. The van der Waals surface area contributed by atoms with Crippen molar-refractivity contribution in [2.24, 2.45) is 11.8 Å². The number of alkyl halides is 3. The minimum Gasteiger partial charge on any atom is -0.490 e. The Kier molecular flexibility index (Phi) is 6.49. The molecule has 0 spiro atoms. The molecule has 2 heterocycles. The Balaban J connectivity index is 1.43. The summed E-state index contributed by atoms with van der Waals surface area (Å²) in [6.45, 7) is 4.26. The fourth-order valence-electron chi connectivity index (χ4n) is 6.73. The molecule has 1 saturated carbocycles. The number of hydrogen-bond acceptors (Lipinski definition) is 3. The van der Waals surface area contributed by atoms with Crippen molar-refractivity contribution in [1.82, 2.24) is 4.90 Å². The minimum atomic E-state index is -4.51. The molecule has 0 aromatic heterocycles. The first-order valence-electron chi connectivity index (χ1n) is 12.9. The standard InChI is InChI=1S/C28H34F3NO3/c1-16-3-9-23(10-4-16)35-25-12-6-19-13-18(5-11-24(19)26(25)28(29,30)31)17(2)32-21-7-8-22(32)15-20(14-21)27(33)34/h5-6,11-13,16-17,20-23H,3-4,7-10,14-15H2,1-2H3,(H,33,34). The number of carboxylic acids is 1. The van der Waals surface area contributed by atoms with E-state index in [9.17, 15) is 23.1 Å². The van der Waals surface area contributed by atoms with Crippen molar-refractivity contribution < 1.29 is 27.8 Å². The van der Waals surface area contributed by atoms with E-state index in [0.717, 1.165) is 44.1 Å². The lowest BCUT2D eigenvalue weighted by Crippen LogP contribution is -2.45. The predicted octanol–water partition coefficient (Wildman–Crippen LogP) is 7.20. The molecule has 5 rings (SSSR count). The van der Waals surface area contributed by atoms with E-state index in [0.29, 0.717) is 24.1 Å². The van der Waals surface area contributed by atoms with Crippen molar-refractivity contribution in [3.8, 4) is 5.75 Å². The van der Waals surface area contributed by atoms with Crippen LogP contribution in [0, 0.1) is 11.8 Å². The van der Waals surface area contributed by atoms with Crippen LogP contribution in [-0.2, 0) is 11.0 Å². The molecule has 3 fully saturated rings. The first-order valence-corrected chi connectivity index (χ1v) is 12.9. The van der Waals surface area contributed by atoms with Crippen LogP contribution in [0.15, 0.2) is 30.3 Å². The van der Waals surface area contributed by atoms with Crippen molar-refractivity contribution in [3.63, 3.8) is 0 Å². The van der Waals surface area contributed by atoms with Crippen molar-refractivity contribution in [1.29, 1.82) is 0 Å². The van der Waals surface area contributed by atoms with Gasteiger partial charge in [0.1, 0.15) is 11.3 Å². The largest absolute Gasteiger partial charge is 0.490 e. The van der Waals surface area contributed by atoms with Gasteiger partial charge in [0.05, 0.1) is 12.0 Å². The molecule has 1 N–H and O–H groups in total. The van der Waals surface area contributed by atoms with Crippen molar-refractivity contribution >= 4 is 16.7 Å². The highest BCUT2D eigenvalue weighted by molar-refractivity contribution is 5.89. The number of fused-ring (bicyclic) bond motifs is 3. The summed E-state index contributed by atoms with van der Waals surface area (Å²) in [5.74, 6) is -0.494. The lowest BCUT2D eigenvalue weighted by Gasteiger charge is -2.41. The van der Waals surface area contributed by atoms with Crippen LogP contribution in [0.5, 0.6) is 5.75 Å². The van der Waals surface area contributed by atoms with E-state index >= 15 is 0 Å². The van der Waals surface area contributed by atoms with Crippen LogP contribution in [0.1, 0.15) is 82.4 Å². The zero-order chi connectivity index (χ0) is 24.9. The van der Waals surface area contributed by atoms with Gasteiger partial charge < -0.3 is 9.84 Å². The van der Waals surface area contributed by atoms with Gasteiger partial charge in [-0.25, -0.2) is 0 Å². The van der Waals surface area contributed by atoms with Gasteiger partial charge in [-0.2, -0.15) is 13.2 Å². The van der Waals surface area contributed by atoms with E-state index in [2.05, 4.69) is 18.7 Å². The summed E-state index contributed by atoms with van der Waals surface area (Å²) in [5, 5.41) is 10.2. The number of nitrogens with zero attached hydrogens (tertiary/aromatic N) is 1. The van der Waals surface area contributed by atoms with E-state index in [4.69, 9.17) is 4.74 Å². The number of hydrogen-bond donors (Lipinski definition) is 1. The Morgan fingerprint density at radius 1 is 1.03 bits per heavy atom. The number of piperidine rings is 1. The van der Waals surface area contributed by atoms with Crippen LogP contribution in [0.3, 0.4) is 0 Å². The second kappa shape index (κ2) is 9.30. The van der Waals surface area contributed by atoms with Gasteiger partial charge in [0, 0.05) is 18.1 Å². The van der Waals surface area contributed by atoms with E-state index in [1.165, 1.54) is 6.07 Å². The Hall–Kier alpha value is -2.28. The number of ether oxygens (including phenoxy) is 1. The van der Waals surface area contributed by atoms with E-state index in [-0.39, 0.29) is 41.3 Å². The Bertz CT molecular complexity index is 1080. The van der Waals surface area contributed by atoms with Crippen LogP contribution in [0.2, 0.25) is 0 Å². The molecule has 3 unspecified atom stereocenters. The summed E-state index contributed by atoms with van der Waals surface area (Å²) in [6.07, 6.45) is 2.08. The van der Waals surface area contributed by atoms with Gasteiger partial charge in [0.2, 0.25) is 0 Å². The lowest BCUT2D eigenvalue weighted by atomic mass is 9.88. The first-order chi connectivity index (χ1) is 16.6. The van der Waals surface area contributed by atoms with Gasteiger partial charge in [0.25, 0.3) is 0 Å². The monoisotopic (exact) mass is 489 g/mol. The number of rotatable bonds is 5. The number of aliphatic carboxylic acids is 1. The Labute approximate surface area is 204 Å². The third kappa shape index (κ3) is 4.76. The molecule has 2 bridgehead atoms. The molecular formula is C28H34F3NO3. The average Bonchev–Trinajstić information content (AvgIpc) is 3.07. The number of carbonyl (C=O) groups is 1. The highest BCUT2D eigenvalue weighted by atomic mass is 19.4. The fourth-order valence-corrected chi connectivity index (χ4v) is 6.73. The van der Waals surface area contributed by atoms with Crippen LogP contribution in [0.4, 0.5) is 13.2 Å². The maximum Gasteiger partial charge on any atom is 0.420 e. The van der Waals surface area contributed by atoms with Gasteiger partial charge >= 0.3 is 12.1 Å². The van der Waals surface area contributed by atoms with Gasteiger partial charge in [-0.05, 0) is 92.7 Å². The third-order valence-electron chi connectivity index (χ3n) is 8.61. The molecule has 3 atom stereocenters. The second-order valence-corrected chi connectivity index (χ2v) is 10.9. The van der Waals surface area contributed by atoms with Crippen LogP contribution >= 0.6 is 0 Å². The maximum absolute atomic E-state index is 14.2. The minimum absolute atomic E-state index is 0.0149. The molecule has 190 valence electrons. The molecular weight excluding hydrogens is 455 g/mol. The topological polar surface area (TPSA) is 49.8 Å². The van der Waals surface area contributed by atoms with Gasteiger partial charge in [-0.1, -0.05) is 25.1 Å². The Morgan fingerprint density at radius 3 is 2.29 bits per heavy atom. The Morgan fingerprint density at radius 2 is 1.69 bits per heavy atom. The summed E-state index contributed by atoms with van der Waals surface area (Å²) in [7, 11) is 0. The molecule has 35 heavy (non-hydrogen) atoms. The van der Waals surface area contributed by atoms with Crippen molar-refractivity contribution in [2.45, 2.75) is 95.6 Å². The molecule has 0 radical (unpaired) electrons. The van der Waals surface area contributed by atoms with Gasteiger partial charge in [-0.15, -0.1) is 0 Å². The zero-order valence-electron chi connectivity index (χ0n) is 20.4. The van der Waals surface area contributed by atoms with E-state index in [1.54, 1.807) is 18.2 Å². The number of benzene rings is 2. The molecule has 2 aliphatic heterocycles. The molecule has 2 saturated heterocycles. The van der Waals surface area contributed by atoms with E-state index in [1.807, 2.05) is 6.07 Å². The summed E-state index contributed by atoms with van der Waals surface area (Å²) in [5.41, 5.74) is 0.279. The summed E-state index contributed by atoms with van der Waals surface area (Å²) < 4.78 is 48.6. The predicted molar refractivity (Wildman–Crippen MR) is 128 cm³/mol. The van der Waals surface area contributed by atoms with Crippen LogP contribution in [0.25, 0.3) is 10.8 Å². The zero-order valence-corrected chi connectivity index (χ0v) is 20.4. The molecule has 2 aromatic rings. The van der Waals surface area contributed by atoms with Crippen LogP contribution < -0.4 is 4.74 Å². The lowest BCUT2D eigenvalue weighted by molar-refractivity contribution is -0.144. The SMILES string of the molecule is CC1CCC(Oc2ccc3cc(C(C)N4C5CCC4CC(C(=O)O)C5)ccc3c2C(F)(F)F)CC1. The highest BCUT2D eigenvalue weighted by Crippen LogP contribution is 2.46. The van der Waals surface area contributed by atoms with Crippen molar-refractivity contribution in [2.75, 3.05) is 0 Å². The maximum atomic E-state index is 14.2. The second-order valence-electron chi connectivity index (χ2n) is 10.9. The highest BCUT2D eigenvalue weighted by Gasteiger charge is 2.45. The summed E-state index contributed by atoms with van der Waals surface area (Å²) >= 11 is 0. The third-order valence-corrected chi connectivity index (χ3v) is 8.61. The molecule has 1 aliphatic carbocycles. The smallest absolute Gasteiger partial charge is 0.420 e. The summed E-state index contributed by atoms with van der Waals surface area (Å²) in [6, 6.07) is 8.92. The fraction of sp³-hybridized carbons (Fsp3) is 0.607. The number of carboxylic acid groups (broad SMARTS) is 1. The molecule has 2 aromatic carbocycles. The quantitative estimate of drug-likeness (QED) is 0.482. The summed E-state index contributed by atoms with van der Waals surface area (Å²) in [4.78, 5) is 13.9. The van der Waals surface area contributed by atoms with Crippen molar-refractivity contribution in [3.05, 3.63) is 41.5 Å². The molecule has 0 amide bonds. The average molecular weight is 490 g/mol. The van der Waals surface area contributed by atoms with E-state index < -0.39 is 17.7 Å². The first kappa shape index (κ1) is 24.4. The molecule has 7 heteroatoms.